The van der Waals surface area contributed by atoms with Gasteiger partial charge in [0.2, 0.25) is 5.91 Å². The average Bonchev–Trinajstić information content (AvgIpc) is 2.43. The van der Waals surface area contributed by atoms with Gasteiger partial charge in [-0.05, 0) is 36.5 Å². The molecular formula is C14H16BrF2NO. The lowest BCUT2D eigenvalue weighted by Crippen LogP contribution is -2.39. The molecule has 1 aliphatic heterocycles. The van der Waals surface area contributed by atoms with E-state index < -0.39 is 11.6 Å². The second-order valence-electron chi connectivity index (χ2n) is 4.90. The normalized spacial score (nSPS) is 16.7. The van der Waals surface area contributed by atoms with E-state index in [9.17, 15) is 13.6 Å². The van der Waals surface area contributed by atoms with Crippen molar-refractivity contribution >= 4 is 21.8 Å². The molecule has 1 saturated heterocycles. The van der Waals surface area contributed by atoms with Crippen LogP contribution < -0.4 is 0 Å². The van der Waals surface area contributed by atoms with Crippen LogP contribution in [0, 0.1) is 17.6 Å². The lowest BCUT2D eigenvalue weighted by atomic mass is 9.98. The highest BCUT2D eigenvalue weighted by atomic mass is 79.9. The van der Waals surface area contributed by atoms with Crippen molar-refractivity contribution in [1.29, 1.82) is 0 Å². The summed E-state index contributed by atoms with van der Waals surface area (Å²) in [6, 6.07) is 3.62. The van der Waals surface area contributed by atoms with Crippen LogP contribution in [0.4, 0.5) is 8.78 Å². The SMILES string of the molecule is O=C(Cc1ccc(F)c(F)c1)N1CCC(CBr)CC1. The van der Waals surface area contributed by atoms with E-state index in [1.54, 1.807) is 4.90 Å². The zero-order valence-corrected chi connectivity index (χ0v) is 12.1. The number of halogens is 3. The van der Waals surface area contributed by atoms with Gasteiger partial charge in [0.05, 0.1) is 6.42 Å². The Morgan fingerprint density at radius 1 is 1.26 bits per heavy atom. The van der Waals surface area contributed by atoms with E-state index in [4.69, 9.17) is 0 Å². The third-order valence-electron chi connectivity index (χ3n) is 3.52. The standard InChI is InChI=1S/C14H16BrF2NO/c15-9-10-3-5-18(6-4-10)14(19)8-11-1-2-12(16)13(17)7-11/h1-2,7,10H,3-6,8-9H2. The van der Waals surface area contributed by atoms with Crippen LogP contribution in [0.1, 0.15) is 18.4 Å². The topological polar surface area (TPSA) is 20.3 Å². The van der Waals surface area contributed by atoms with Crippen molar-refractivity contribution in [3.05, 3.63) is 35.4 Å². The number of piperidine rings is 1. The lowest BCUT2D eigenvalue weighted by Gasteiger charge is -2.31. The van der Waals surface area contributed by atoms with Gasteiger partial charge < -0.3 is 4.90 Å². The summed E-state index contributed by atoms with van der Waals surface area (Å²) >= 11 is 3.46. The van der Waals surface area contributed by atoms with Crippen LogP contribution in [0.5, 0.6) is 0 Å². The van der Waals surface area contributed by atoms with Crippen molar-refractivity contribution in [3.8, 4) is 0 Å². The van der Waals surface area contributed by atoms with Crippen molar-refractivity contribution < 1.29 is 13.6 Å². The number of carbonyl (C=O) groups excluding carboxylic acids is 1. The minimum Gasteiger partial charge on any atom is -0.342 e. The first-order valence-electron chi connectivity index (χ1n) is 6.38. The summed E-state index contributed by atoms with van der Waals surface area (Å²) in [4.78, 5) is 13.9. The largest absolute Gasteiger partial charge is 0.342 e. The van der Waals surface area contributed by atoms with E-state index in [-0.39, 0.29) is 12.3 Å². The van der Waals surface area contributed by atoms with Crippen LogP contribution in [0.3, 0.4) is 0 Å². The molecule has 0 atom stereocenters. The molecule has 5 heteroatoms. The number of carbonyl (C=O) groups is 1. The van der Waals surface area contributed by atoms with Crippen LogP contribution in [-0.4, -0.2) is 29.2 Å². The Morgan fingerprint density at radius 2 is 1.95 bits per heavy atom. The van der Waals surface area contributed by atoms with Crippen molar-refractivity contribution in [2.75, 3.05) is 18.4 Å². The fourth-order valence-corrected chi connectivity index (χ4v) is 2.92. The highest BCUT2D eigenvalue weighted by Gasteiger charge is 2.22. The predicted molar refractivity (Wildman–Crippen MR) is 73.2 cm³/mol. The highest BCUT2D eigenvalue weighted by molar-refractivity contribution is 9.09. The molecule has 0 bridgehead atoms. The zero-order valence-electron chi connectivity index (χ0n) is 10.5. The molecule has 0 N–H and O–H groups in total. The number of amides is 1. The Balaban J connectivity index is 1.92. The Hall–Kier alpha value is -0.970. The van der Waals surface area contributed by atoms with Crippen LogP contribution in [0.25, 0.3) is 0 Å². The summed E-state index contributed by atoms with van der Waals surface area (Å²) in [6.07, 6.45) is 2.12. The second-order valence-corrected chi connectivity index (χ2v) is 5.55. The van der Waals surface area contributed by atoms with Crippen LogP contribution in [-0.2, 0) is 11.2 Å². The van der Waals surface area contributed by atoms with Crippen molar-refractivity contribution in [1.82, 2.24) is 4.90 Å². The maximum absolute atomic E-state index is 13.1. The van der Waals surface area contributed by atoms with Crippen molar-refractivity contribution in [2.45, 2.75) is 19.3 Å². The molecule has 19 heavy (non-hydrogen) atoms. The summed E-state index contributed by atoms with van der Waals surface area (Å²) in [5.41, 5.74) is 0.520. The van der Waals surface area contributed by atoms with Gasteiger partial charge in [-0.1, -0.05) is 22.0 Å². The van der Waals surface area contributed by atoms with Gasteiger partial charge in [0.1, 0.15) is 0 Å². The number of rotatable bonds is 3. The minimum atomic E-state index is -0.900. The predicted octanol–water partition coefficient (Wildman–Crippen LogP) is 3.14. The number of benzene rings is 1. The van der Waals surface area contributed by atoms with Gasteiger partial charge in [0.15, 0.2) is 11.6 Å². The third-order valence-corrected chi connectivity index (χ3v) is 4.44. The molecule has 2 rings (SSSR count). The van der Waals surface area contributed by atoms with E-state index in [0.717, 1.165) is 43.4 Å². The van der Waals surface area contributed by atoms with E-state index >= 15 is 0 Å². The van der Waals surface area contributed by atoms with E-state index in [0.29, 0.717) is 11.5 Å². The summed E-state index contributed by atoms with van der Waals surface area (Å²) in [5.74, 6) is -1.16. The van der Waals surface area contributed by atoms with Crippen molar-refractivity contribution in [2.24, 2.45) is 5.92 Å². The molecule has 1 fully saturated rings. The molecule has 2 nitrogen and oxygen atoms in total. The fraction of sp³-hybridized carbons (Fsp3) is 0.500. The van der Waals surface area contributed by atoms with Gasteiger partial charge in [0, 0.05) is 18.4 Å². The first-order chi connectivity index (χ1) is 9.10. The van der Waals surface area contributed by atoms with E-state index in [1.165, 1.54) is 6.07 Å². The molecule has 0 aliphatic carbocycles. The Bertz CT molecular complexity index is 459. The van der Waals surface area contributed by atoms with Gasteiger partial charge in [-0.3, -0.25) is 4.79 Å². The Labute approximate surface area is 119 Å². The molecule has 1 amide bonds. The number of likely N-dealkylation sites (tertiary alicyclic amines) is 1. The first kappa shape index (κ1) is 14.4. The first-order valence-corrected chi connectivity index (χ1v) is 7.50. The van der Waals surface area contributed by atoms with Crippen LogP contribution in [0.2, 0.25) is 0 Å². The van der Waals surface area contributed by atoms with E-state index in [1.807, 2.05) is 0 Å². The number of hydrogen-bond acceptors (Lipinski definition) is 1. The molecule has 1 aromatic rings. The van der Waals surface area contributed by atoms with Crippen molar-refractivity contribution in [3.63, 3.8) is 0 Å². The molecule has 0 unspecified atom stereocenters. The number of nitrogens with zero attached hydrogens (tertiary/aromatic N) is 1. The third kappa shape index (κ3) is 3.75. The quantitative estimate of drug-likeness (QED) is 0.779. The molecule has 0 saturated carbocycles. The van der Waals surface area contributed by atoms with Gasteiger partial charge in [-0.15, -0.1) is 0 Å². The molecule has 0 aromatic heterocycles. The number of hydrogen-bond donors (Lipinski definition) is 0. The van der Waals surface area contributed by atoms with E-state index in [2.05, 4.69) is 15.9 Å². The van der Waals surface area contributed by atoms with Gasteiger partial charge in [-0.25, -0.2) is 8.78 Å². The van der Waals surface area contributed by atoms with Crippen LogP contribution >= 0.6 is 15.9 Å². The minimum absolute atomic E-state index is 0.0148. The second kappa shape index (κ2) is 6.46. The van der Waals surface area contributed by atoms with Gasteiger partial charge >= 0.3 is 0 Å². The highest BCUT2D eigenvalue weighted by Crippen LogP contribution is 2.20. The van der Waals surface area contributed by atoms with Gasteiger partial charge in [-0.2, -0.15) is 0 Å². The summed E-state index contributed by atoms with van der Waals surface area (Å²) in [6.45, 7) is 1.50. The monoisotopic (exact) mass is 331 g/mol. The summed E-state index contributed by atoms with van der Waals surface area (Å²) in [7, 11) is 0. The van der Waals surface area contributed by atoms with Gasteiger partial charge in [0.25, 0.3) is 0 Å². The average molecular weight is 332 g/mol. The zero-order chi connectivity index (χ0) is 13.8. The van der Waals surface area contributed by atoms with Crippen LogP contribution in [0.15, 0.2) is 18.2 Å². The maximum atomic E-state index is 13.1. The molecule has 1 aliphatic rings. The number of alkyl halides is 1. The fourth-order valence-electron chi connectivity index (χ4n) is 2.27. The molecular weight excluding hydrogens is 316 g/mol. The Kier molecular flexibility index (Phi) is 4.91. The molecule has 0 radical (unpaired) electrons. The summed E-state index contributed by atoms with van der Waals surface area (Å²) < 4.78 is 25.9. The molecule has 0 spiro atoms. The molecule has 1 aromatic carbocycles. The molecule has 1 heterocycles. The molecule has 104 valence electrons. The Morgan fingerprint density at radius 3 is 2.53 bits per heavy atom. The maximum Gasteiger partial charge on any atom is 0.226 e. The lowest BCUT2D eigenvalue weighted by molar-refractivity contribution is -0.131. The smallest absolute Gasteiger partial charge is 0.226 e. The summed E-state index contributed by atoms with van der Waals surface area (Å²) in [5, 5.41) is 0.970.